The molecule has 0 saturated heterocycles. The zero-order valence-corrected chi connectivity index (χ0v) is 18.7. The highest BCUT2D eigenvalue weighted by Gasteiger charge is 2.28. The van der Waals surface area contributed by atoms with Gasteiger partial charge < -0.3 is 4.74 Å². The normalized spacial score (nSPS) is 11.8. The van der Waals surface area contributed by atoms with Crippen molar-refractivity contribution in [2.45, 2.75) is 32.2 Å². The summed E-state index contributed by atoms with van der Waals surface area (Å²) in [5, 5.41) is 0. The SMILES string of the molecule is O=C(OCc1ccccc1)C(Cc1ccccc1)N(Cc1ccccc1)Cc1ccccc1. The predicted molar refractivity (Wildman–Crippen MR) is 132 cm³/mol. The maximum Gasteiger partial charge on any atom is 0.324 e. The minimum absolute atomic E-state index is 0.199. The maximum atomic E-state index is 13.5. The first kappa shape index (κ1) is 22.5. The topological polar surface area (TPSA) is 29.5 Å². The van der Waals surface area contributed by atoms with Crippen molar-refractivity contribution in [3.63, 3.8) is 0 Å². The molecule has 0 aliphatic rings. The zero-order valence-electron chi connectivity index (χ0n) is 18.7. The molecule has 3 heteroatoms. The first-order chi connectivity index (χ1) is 16.3. The van der Waals surface area contributed by atoms with E-state index in [-0.39, 0.29) is 12.6 Å². The Balaban J connectivity index is 1.60. The molecule has 166 valence electrons. The summed E-state index contributed by atoms with van der Waals surface area (Å²) in [6.45, 7) is 1.59. The maximum absolute atomic E-state index is 13.5. The first-order valence-electron chi connectivity index (χ1n) is 11.3. The summed E-state index contributed by atoms with van der Waals surface area (Å²) in [6.07, 6.45) is 0.591. The Bertz CT molecular complexity index is 1060. The number of ether oxygens (including phenoxy) is 1. The van der Waals surface area contributed by atoms with Crippen LogP contribution in [0.25, 0.3) is 0 Å². The van der Waals surface area contributed by atoms with E-state index in [1.54, 1.807) is 0 Å². The van der Waals surface area contributed by atoms with Gasteiger partial charge in [-0.2, -0.15) is 0 Å². The van der Waals surface area contributed by atoms with Gasteiger partial charge in [0, 0.05) is 13.1 Å². The molecule has 1 atom stereocenters. The van der Waals surface area contributed by atoms with E-state index < -0.39 is 6.04 Å². The minimum Gasteiger partial charge on any atom is -0.460 e. The van der Waals surface area contributed by atoms with Crippen LogP contribution in [0.4, 0.5) is 0 Å². The molecule has 0 saturated carbocycles. The Morgan fingerprint density at radius 3 is 1.42 bits per heavy atom. The van der Waals surface area contributed by atoms with Crippen molar-refractivity contribution in [1.82, 2.24) is 4.90 Å². The number of nitrogens with zero attached hydrogens (tertiary/aromatic N) is 1. The second-order valence-corrected chi connectivity index (χ2v) is 8.18. The molecule has 0 fully saturated rings. The highest BCUT2D eigenvalue weighted by Crippen LogP contribution is 2.19. The number of carbonyl (C=O) groups excluding carboxylic acids is 1. The van der Waals surface area contributed by atoms with E-state index in [1.807, 2.05) is 84.9 Å². The van der Waals surface area contributed by atoms with Gasteiger partial charge in [0.25, 0.3) is 0 Å². The molecule has 3 nitrogen and oxygen atoms in total. The van der Waals surface area contributed by atoms with Gasteiger partial charge in [-0.15, -0.1) is 0 Å². The lowest BCUT2D eigenvalue weighted by molar-refractivity contribution is -0.152. The molecule has 0 heterocycles. The van der Waals surface area contributed by atoms with E-state index >= 15 is 0 Å². The van der Waals surface area contributed by atoms with Crippen LogP contribution in [0.5, 0.6) is 0 Å². The van der Waals surface area contributed by atoms with Crippen LogP contribution in [0, 0.1) is 0 Å². The largest absolute Gasteiger partial charge is 0.460 e. The van der Waals surface area contributed by atoms with Crippen LogP contribution in [0.1, 0.15) is 22.3 Å². The smallest absolute Gasteiger partial charge is 0.324 e. The summed E-state index contributed by atoms with van der Waals surface area (Å²) in [7, 11) is 0. The third kappa shape index (κ3) is 6.90. The Morgan fingerprint density at radius 2 is 0.970 bits per heavy atom. The monoisotopic (exact) mass is 435 g/mol. The van der Waals surface area contributed by atoms with Crippen LogP contribution >= 0.6 is 0 Å². The number of carbonyl (C=O) groups is 1. The van der Waals surface area contributed by atoms with E-state index in [0.717, 1.165) is 11.1 Å². The molecule has 33 heavy (non-hydrogen) atoms. The van der Waals surface area contributed by atoms with E-state index in [4.69, 9.17) is 4.74 Å². The van der Waals surface area contributed by atoms with Crippen LogP contribution in [0.2, 0.25) is 0 Å². The summed E-state index contributed by atoms with van der Waals surface area (Å²) < 4.78 is 5.84. The van der Waals surface area contributed by atoms with Crippen molar-refractivity contribution in [3.05, 3.63) is 144 Å². The molecule has 4 aromatic carbocycles. The molecule has 0 aliphatic heterocycles. The van der Waals surface area contributed by atoms with Crippen LogP contribution in [-0.2, 0) is 35.6 Å². The van der Waals surface area contributed by atoms with E-state index in [9.17, 15) is 4.79 Å². The van der Waals surface area contributed by atoms with Gasteiger partial charge in [0.15, 0.2) is 0 Å². The lowest BCUT2D eigenvalue weighted by Crippen LogP contribution is -2.43. The van der Waals surface area contributed by atoms with Crippen LogP contribution in [0.3, 0.4) is 0 Å². The number of hydrogen-bond acceptors (Lipinski definition) is 3. The first-order valence-corrected chi connectivity index (χ1v) is 11.3. The van der Waals surface area contributed by atoms with E-state index in [1.165, 1.54) is 11.1 Å². The highest BCUT2D eigenvalue weighted by atomic mass is 16.5. The summed E-state index contributed by atoms with van der Waals surface area (Å²) >= 11 is 0. The van der Waals surface area contributed by atoms with Crippen molar-refractivity contribution >= 4 is 5.97 Å². The van der Waals surface area contributed by atoms with Crippen molar-refractivity contribution in [2.75, 3.05) is 0 Å². The number of esters is 1. The van der Waals surface area contributed by atoms with Gasteiger partial charge in [-0.1, -0.05) is 121 Å². The minimum atomic E-state index is -0.406. The second kappa shape index (κ2) is 11.8. The average molecular weight is 436 g/mol. The highest BCUT2D eigenvalue weighted by molar-refractivity contribution is 5.76. The van der Waals surface area contributed by atoms with Crippen molar-refractivity contribution in [3.8, 4) is 0 Å². The van der Waals surface area contributed by atoms with Crippen LogP contribution in [0.15, 0.2) is 121 Å². The van der Waals surface area contributed by atoms with Gasteiger partial charge in [-0.3, -0.25) is 9.69 Å². The summed E-state index contributed by atoms with van der Waals surface area (Å²) in [5.41, 5.74) is 4.44. The van der Waals surface area contributed by atoms with Crippen molar-refractivity contribution in [1.29, 1.82) is 0 Å². The quantitative estimate of drug-likeness (QED) is 0.284. The molecule has 0 aromatic heterocycles. The molecular weight excluding hydrogens is 406 g/mol. The molecule has 0 aliphatic carbocycles. The molecule has 0 amide bonds. The average Bonchev–Trinajstić information content (AvgIpc) is 2.88. The van der Waals surface area contributed by atoms with E-state index in [2.05, 4.69) is 41.3 Å². The molecule has 0 N–H and O–H groups in total. The van der Waals surface area contributed by atoms with Gasteiger partial charge >= 0.3 is 5.97 Å². The molecule has 0 radical (unpaired) electrons. The number of hydrogen-bond donors (Lipinski definition) is 0. The van der Waals surface area contributed by atoms with Crippen molar-refractivity contribution in [2.24, 2.45) is 0 Å². The lowest BCUT2D eigenvalue weighted by atomic mass is 10.0. The third-order valence-corrected chi connectivity index (χ3v) is 5.67. The van der Waals surface area contributed by atoms with Crippen LogP contribution < -0.4 is 0 Å². The fraction of sp³-hybridized carbons (Fsp3) is 0.167. The lowest BCUT2D eigenvalue weighted by Gasteiger charge is -2.30. The number of rotatable bonds is 10. The fourth-order valence-corrected chi connectivity index (χ4v) is 3.94. The van der Waals surface area contributed by atoms with Gasteiger partial charge in [-0.05, 0) is 28.7 Å². The van der Waals surface area contributed by atoms with Gasteiger partial charge in [0.1, 0.15) is 12.6 Å². The number of benzene rings is 4. The molecule has 4 aromatic rings. The zero-order chi connectivity index (χ0) is 22.7. The van der Waals surface area contributed by atoms with Gasteiger partial charge in [0.2, 0.25) is 0 Å². The predicted octanol–water partition coefficient (Wildman–Crippen LogP) is 6.04. The fourth-order valence-electron chi connectivity index (χ4n) is 3.94. The molecule has 0 bridgehead atoms. The molecule has 0 spiro atoms. The third-order valence-electron chi connectivity index (χ3n) is 5.67. The molecular formula is C30H29NO2. The Labute approximate surface area is 196 Å². The molecule has 4 rings (SSSR count). The van der Waals surface area contributed by atoms with Gasteiger partial charge in [0.05, 0.1) is 0 Å². The Hall–Kier alpha value is -3.69. The molecule has 1 unspecified atom stereocenters. The van der Waals surface area contributed by atoms with Crippen LogP contribution in [-0.4, -0.2) is 16.9 Å². The van der Waals surface area contributed by atoms with E-state index in [0.29, 0.717) is 19.5 Å². The summed E-state index contributed by atoms with van der Waals surface area (Å²) in [5.74, 6) is -0.199. The van der Waals surface area contributed by atoms with Gasteiger partial charge in [-0.25, -0.2) is 0 Å². The summed E-state index contributed by atoms with van der Waals surface area (Å²) in [4.78, 5) is 15.7. The Morgan fingerprint density at radius 1 is 0.576 bits per heavy atom. The summed E-state index contributed by atoms with van der Waals surface area (Å²) in [6, 6.07) is 40.2. The Kier molecular flexibility index (Phi) is 8.04. The second-order valence-electron chi connectivity index (χ2n) is 8.18. The standard InChI is InChI=1S/C30H29NO2/c32-30(33-24-28-19-11-4-12-20-28)29(21-25-13-5-1-6-14-25)31(22-26-15-7-2-8-16-26)23-27-17-9-3-10-18-27/h1-20,29H,21-24H2. The van der Waals surface area contributed by atoms with Crippen molar-refractivity contribution < 1.29 is 9.53 Å².